The lowest BCUT2D eigenvalue weighted by Gasteiger charge is -2.24. The van der Waals surface area contributed by atoms with Crippen LogP contribution >= 0.6 is 23.5 Å². The maximum absolute atomic E-state index is 12.3. The third-order valence-electron chi connectivity index (χ3n) is 3.96. The second-order valence-electron chi connectivity index (χ2n) is 6.25. The summed E-state index contributed by atoms with van der Waals surface area (Å²) in [5, 5.41) is 1.87. The molecule has 0 heterocycles. The Morgan fingerprint density at radius 1 is 1.16 bits per heavy atom. The van der Waals surface area contributed by atoms with Crippen molar-refractivity contribution >= 4 is 45.3 Å². The third-order valence-corrected chi connectivity index (χ3v) is 6.02. The van der Waals surface area contributed by atoms with E-state index >= 15 is 0 Å². The van der Waals surface area contributed by atoms with Gasteiger partial charge >= 0.3 is 12.4 Å². The molecule has 2 amide bonds. The van der Waals surface area contributed by atoms with Crippen LogP contribution in [0.2, 0.25) is 0 Å². The van der Waals surface area contributed by atoms with Crippen molar-refractivity contribution in [1.29, 1.82) is 0 Å². The molecule has 0 unspecified atom stereocenters. The van der Waals surface area contributed by atoms with Crippen LogP contribution in [0.15, 0.2) is 47.5 Å². The molecule has 2 rings (SSSR count). The number of aryl methyl sites for hydroxylation is 1. The molecule has 0 radical (unpaired) electrons. The van der Waals surface area contributed by atoms with E-state index in [-0.39, 0.29) is 5.75 Å². The van der Waals surface area contributed by atoms with Gasteiger partial charge in [-0.3, -0.25) is 5.01 Å². The number of amides is 2. The van der Waals surface area contributed by atoms with E-state index in [0.717, 1.165) is 21.1 Å². The molecule has 0 aliphatic rings. The highest BCUT2D eigenvalue weighted by molar-refractivity contribution is 8.38. The Balaban J connectivity index is 2.18. The largest absolute Gasteiger partial charge is 0.573 e. The van der Waals surface area contributed by atoms with Crippen molar-refractivity contribution < 1.29 is 22.7 Å². The quantitative estimate of drug-likeness (QED) is 0.213. The van der Waals surface area contributed by atoms with Crippen molar-refractivity contribution in [3.63, 3.8) is 0 Å². The van der Waals surface area contributed by atoms with Crippen LogP contribution in [0, 0.1) is 6.92 Å². The van der Waals surface area contributed by atoms with Crippen LogP contribution in [0.1, 0.15) is 11.1 Å². The van der Waals surface area contributed by atoms with Crippen molar-refractivity contribution in [1.82, 2.24) is 5.01 Å². The zero-order valence-corrected chi connectivity index (χ0v) is 18.6. The van der Waals surface area contributed by atoms with Gasteiger partial charge in [-0.05, 0) is 54.6 Å². The predicted octanol–water partition coefficient (Wildman–Crippen LogP) is 4.78. The summed E-state index contributed by atoms with van der Waals surface area (Å²) in [7, 11) is 1.40. The van der Waals surface area contributed by atoms with Crippen LogP contribution in [-0.4, -0.2) is 35.1 Å². The molecule has 0 bridgehead atoms. The smallest absolute Gasteiger partial charge is 0.406 e. The first kappa shape index (κ1) is 24.9. The zero-order valence-electron chi connectivity index (χ0n) is 17.0. The summed E-state index contributed by atoms with van der Waals surface area (Å²) in [6.45, 7) is 1.90. The van der Waals surface area contributed by atoms with E-state index < -0.39 is 12.4 Å². The molecule has 168 valence electrons. The third kappa shape index (κ3) is 7.35. The van der Waals surface area contributed by atoms with E-state index in [0.29, 0.717) is 21.5 Å². The Labute approximate surface area is 186 Å². The van der Waals surface area contributed by atoms with E-state index in [1.807, 2.05) is 19.2 Å². The normalized spacial score (nSPS) is 11.9. The van der Waals surface area contributed by atoms with Crippen molar-refractivity contribution in [2.24, 2.45) is 16.7 Å². The number of nitrogens with two attached hydrogens (primary N) is 2. The number of urea groups is 1. The average Bonchev–Trinajstić information content (AvgIpc) is 2.70. The minimum Gasteiger partial charge on any atom is -0.406 e. The van der Waals surface area contributed by atoms with Crippen LogP contribution in [0.4, 0.5) is 29.3 Å². The molecule has 12 heteroatoms. The van der Waals surface area contributed by atoms with Crippen molar-refractivity contribution in [2.75, 3.05) is 18.3 Å². The van der Waals surface area contributed by atoms with Gasteiger partial charge in [-0.2, -0.15) is 0 Å². The number of anilines is 1. The SMILES string of the molecule is CSC(=Nc1ccc(OC(F)(F)F)cc1)SCc1c(C)cccc1N(N)C(=O)N(C)N. The standard InChI is InChI=1S/C19H22F3N5O2S2/c1-12-5-4-6-16(27(24)18(28)26(2)23)15(12)11-31-17(30-3)25-13-7-9-14(10-8-13)29-19(20,21)22/h4-10H,11,23-24H2,1-3H3. The van der Waals surface area contributed by atoms with Gasteiger partial charge in [-0.1, -0.05) is 23.9 Å². The van der Waals surface area contributed by atoms with Gasteiger partial charge < -0.3 is 4.74 Å². The first-order chi connectivity index (χ1) is 14.5. The van der Waals surface area contributed by atoms with Crippen LogP contribution in [0.25, 0.3) is 0 Å². The molecule has 2 aromatic rings. The Kier molecular flexibility index (Phi) is 8.62. The van der Waals surface area contributed by atoms with Gasteiger partial charge in [-0.15, -0.1) is 24.9 Å². The number of nitrogens with zero attached hydrogens (tertiary/aromatic N) is 3. The van der Waals surface area contributed by atoms with Crippen molar-refractivity contribution in [3.8, 4) is 5.75 Å². The van der Waals surface area contributed by atoms with Crippen LogP contribution in [0.5, 0.6) is 5.75 Å². The molecule has 0 aliphatic carbocycles. The fourth-order valence-corrected chi connectivity index (χ4v) is 4.13. The zero-order chi connectivity index (χ0) is 23.2. The fourth-order valence-electron chi connectivity index (χ4n) is 2.47. The molecular formula is C19H22F3N5O2S2. The monoisotopic (exact) mass is 473 g/mol. The summed E-state index contributed by atoms with van der Waals surface area (Å²) in [4.78, 5) is 16.6. The van der Waals surface area contributed by atoms with E-state index in [1.165, 1.54) is 54.8 Å². The number of ether oxygens (including phenoxy) is 1. The lowest BCUT2D eigenvalue weighted by molar-refractivity contribution is -0.274. The number of carbonyl (C=O) groups is 1. The summed E-state index contributed by atoms with van der Waals surface area (Å²) in [6.07, 6.45) is -2.90. The first-order valence-corrected chi connectivity index (χ1v) is 11.0. The molecule has 2 aromatic carbocycles. The molecule has 4 N–H and O–H groups in total. The second kappa shape index (κ2) is 10.8. The van der Waals surface area contributed by atoms with Crippen molar-refractivity contribution in [3.05, 3.63) is 53.6 Å². The number of hydrogen-bond acceptors (Lipinski definition) is 7. The maximum Gasteiger partial charge on any atom is 0.573 e. The summed E-state index contributed by atoms with van der Waals surface area (Å²) < 4.78 is 41.4. The fraction of sp³-hybridized carbons (Fsp3) is 0.263. The lowest BCUT2D eigenvalue weighted by Crippen LogP contribution is -2.49. The van der Waals surface area contributed by atoms with E-state index in [4.69, 9.17) is 11.7 Å². The molecule has 0 saturated heterocycles. The van der Waals surface area contributed by atoms with E-state index in [9.17, 15) is 18.0 Å². The second-order valence-corrected chi connectivity index (χ2v) is 8.27. The molecule has 7 nitrogen and oxygen atoms in total. The van der Waals surface area contributed by atoms with Gasteiger partial charge in [0.15, 0.2) is 0 Å². The summed E-state index contributed by atoms with van der Waals surface area (Å²) in [5.74, 6) is 11.6. The number of benzene rings is 2. The van der Waals surface area contributed by atoms with Crippen LogP contribution in [0.3, 0.4) is 0 Å². The topological polar surface area (TPSA) is 97.2 Å². The molecule has 0 aromatic heterocycles. The highest BCUT2D eigenvalue weighted by Crippen LogP contribution is 2.31. The average molecular weight is 474 g/mol. The van der Waals surface area contributed by atoms with Crippen molar-refractivity contribution in [2.45, 2.75) is 19.0 Å². The number of aliphatic imine (C=N–C) groups is 1. The first-order valence-electron chi connectivity index (χ1n) is 8.79. The summed E-state index contributed by atoms with van der Waals surface area (Å²) >= 11 is 2.80. The minimum atomic E-state index is -4.74. The number of hydrogen-bond donors (Lipinski definition) is 2. The molecule has 0 saturated carbocycles. The van der Waals surface area contributed by atoms with Crippen LogP contribution in [-0.2, 0) is 5.75 Å². The van der Waals surface area contributed by atoms with Gasteiger partial charge in [-0.25, -0.2) is 26.5 Å². The molecule has 31 heavy (non-hydrogen) atoms. The molecule has 0 atom stereocenters. The van der Waals surface area contributed by atoms with Gasteiger partial charge in [0, 0.05) is 12.8 Å². The Morgan fingerprint density at radius 2 is 1.81 bits per heavy atom. The molecule has 0 spiro atoms. The van der Waals surface area contributed by atoms with Crippen LogP contribution < -0.4 is 21.4 Å². The van der Waals surface area contributed by atoms with Gasteiger partial charge in [0.2, 0.25) is 0 Å². The highest BCUT2D eigenvalue weighted by Gasteiger charge is 2.31. The number of thioether (sulfide) groups is 2. The predicted molar refractivity (Wildman–Crippen MR) is 120 cm³/mol. The van der Waals surface area contributed by atoms with Gasteiger partial charge in [0.1, 0.15) is 10.1 Å². The Hall–Kier alpha value is -2.41. The van der Waals surface area contributed by atoms with Gasteiger partial charge in [0.25, 0.3) is 0 Å². The Bertz CT molecular complexity index is 937. The lowest BCUT2D eigenvalue weighted by atomic mass is 10.1. The molecule has 0 fully saturated rings. The number of halogens is 3. The minimum absolute atomic E-state index is 0.313. The highest BCUT2D eigenvalue weighted by atomic mass is 32.2. The van der Waals surface area contributed by atoms with E-state index in [1.54, 1.807) is 12.1 Å². The number of rotatable bonds is 5. The molecular weight excluding hydrogens is 451 g/mol. The summed E-state index contributed by atoms with van der Waals surface area (Å²) in [6, 6.07) is 10.1. The Morgan fingerprint density at radius 3 is 2.35 bits per heavy atom. The summed E-state index contributed by atoms with van der Waals surface area (Å²) in [5.41, 5.74) is 2.77. The van der Waals surface area contributed by atoms with E-state index in [2.05, 4.69) is 9.73 Å². The number of carbonyl (C=O) groups excluding carboxylic acids is 1. The molecule has 0 aliphatic heterocycles. The maximum atomic E-state index is 12.3. The van der Waals surface area contributed by atoms with Gasteiger partial charge in [0.05, 0.1) is 11.4 Å². The number of alkyl halides is 3. The number of hydrazine groups is 2.